The van der Waals surface area contributed by atoms with Crippen LogP contribution in [-0.2, 0) is 28.4 Å². The van der Waals surface area contributed by atoms with E-state index in [-0.39, 0.29) is 12.2 Å². The summed E-state index contributed by atoms with van der Waals surface area (Å²) in [6.45, 7) is 4.72. The van der Waals surface area contributed by atoms with Crippen molar-refractivity contribution in [3.63, 3.8) is 0 Å². The minimum absolute atomic E-state index is 0.109. The lowest BCUT2D eigenvalue weighted by Crippen LogP contribution is -2.51. The molecule has 3 unspecified atom stereocenters. The fourth-order valence-electron chi connectivity index (χ4n) is 1.89. The van der Waals surface area contributed by atoms with Gasteiger partial charge in [-0.1, -0.05) is 15.9 Å². The number of hydrogen-bond donors (Lipinski definition) is 0. The van der Waals surface area contributed by atoms with Crippen LogP contribution in [0.1, 0.15) is 6.42 Å². The van der Waals surface area contributed by atoms with E-state index in [1.807, 2.05) is 0 Å². The van der Waals surface area contributed by atoms with Gasteiger partial charge < -0.3 is 28.4 Å². The third kappa shape index (κ3) is 8.44. The Morgan fingerprint density at radius 3 is 1.90 bits per heavy atom. The first-order valence-corrected chi connectivity index (χ1v) is 8.21. The van der Waals surface area contributed by atoms with E-state index in [4.69, 9.17) is 28.4 Å². The second-order valence-corrected chi connectivity index (χ2v) is 5.88. The predicted molar refractivity (Wildman–Crippen MR) is 82.2 cm³/mol. The van der Waals surface area contributed by atoms with E-state index >= 15 is 0 Å². The standard InChI is InChI=1S/C14H27BrO6/c1-16-3-5-18-6-7-19-8-10-20-13-11-12(15)14(13)21-9-4-17-2/h12-14H,3-11H2,1-2H3. The lowest BCUT2D eigenvalue weighted by atomic mass is 9.91. The summed E-state index contributed by atoms with van der Waals surface area (Å²) >= 11 is 3.58. The van der Waals surface area contributed by atoms with Crippen molar-refractivity contribution in [1.29, 1.82) is 0 Å². The molecule has 0 N–H and O–H groups in total. The molecule has 1 fully saturated rings. The smallest absolute Gasteiger partial charge is 0.0963 e. The first-order valence-electron chi connectivity index (χ1n) is 7.30. The molecule has 7 heteroatoms. The summed E-state index contributed by atoms with van der Waals surface area (Å²) in [5, 5.41) is 0. The normalized spacial score (nSPS) is 25.0. The third-order valence-corrected chi connectivity index (χ3v) is 4.04. The molecule has 0 spiro atoms. The number of ether oxygens (including phenoxy) is 6. The molecule has 0 radical (unpaired) electrons. The van der Waals surface area contributed by atoms with Gasteiger partial charge in [-0.2, -0.15) is 0 Å². The molecule has 0 aromatic carbocycles. The second kappa shape index (κ2) is 12.8. The van der Waals surface area contributed by atoms with Gasteiger partial charge >= 0.3 is 0 Å². The first kappa shape index (κ1) is 19.3. The van der Waals surface area contributed by atoms with Gasteiger partial charge in [0.2, 0.25) is 0 Å². The van der Waals surface area contributed by atoms with Crippen LogP contribution in [0.3, 0.4) is 0 Å². The Morgan fingerprint density at radius 2 is 1.29 bits per heavy atom. The SMILES string of the molecule is COCCOCCOCCOC1CC(Br)C1OCCOC. The Morgan fingerprint density at radius 1 is 0.762 bits per heavy atom. The zero-order chi connectivity index (χ0) is 15.3. The zero-order valence-corrected chi connectivity index (χ0v) is 14.5. The van der Waals surface area contributed by atoms with Gasteiger partial charge in [-0.05, 0) is 6.42 Å². The molecule has 0 bridgehead atoms. The molecule has 1 rings (SSSR count). The minimum atomic E-state index is 0.109. The van der Waals surface area contributed by atoms with Gasteiger partial charge in [-0.3, -0.25) is 0 Å². The second-order valence-electron chi connectivity index (χ2n) is 4.71. The molecule has 126 valence electrons. The predicted octanol–water partition coefficient (Wildman–Crippen LogP) is 1.25. The highest BCUT2D eigenvalue weighted by atomic mass is 79.9. The van der Waals surface area contributed by atoms with Crippen LogP contribution in [-0.4, -0.2) is 84.1 Å². The first-order chi connectivity index (χ1) is 10.3. The largest absolute Gasteiger partial charge is 0.382 e. The van der Waals surface area contributed by atoms with Gasteiger partial charge in [0.05, 0.1) is 65.1 Å². The van der Waals surface area contributed by atoms with Crippen molar-refractivity contribution in [2.24, 2.45) is 0 Å². The Balaban J connectivity index is 1.90. The lowest BCUT2D eigenvalue weighted by Gasteiger charge is -2.40. The quantitative estimate of drug-likeness (QED) is 0.338. The molecule has 21 heavy (non-hydrogen) atoms. The van der Waals surface area contributed by atoms with Gasteiger partial charge in [-0.15, -0.1) is 0 Å². The van der Waals surface area contributed by atoms with E-state index in [1.165, 1.54) is 0 Å². The average Bonchev–Trinajstić information content (AvgIpc) is 2.48. The Hall–Kier alpha value is 0.240. The van der Waals surface area contributed by atoms with Crippen molar-refractivity contribution in [1.82, 2.24) is 0 Å². The number of methoxy groups -OCH3 is 2. The van der Waals surface area contributed by atoms with E-state index in [1.54, 1.807) is 14.2 Å². The molecule has 0 heterocycles. The van der Waals surface area contributed by atoms with Crippen molar-refractivity contribution in [3.05, 3.63) is 0 Å². The maximum absolute atomic E-state index is 5.76. The fourth-order valence-corrected chi connectivity index (χ4v) is 2.75. The summed E-state index contributed by atoms with van der Waals surface area (Å²) in [5.74, 6) is 0. The summed E-state index contributed by atoms with van der Waals surface area (Å²) in [4.78, 5) is 0.370. The van der Waals surface area contributed by atoms with E-state index in [0.717, 1.165) is 6.42 Å². The molecule has 3 atom stereocenters. The Labute approximate surface area is 135 Å². The molecular formula is C14H27BrO6. The summed E-state index contributed by atoms with van der Waals surface area (Å²) in [7, 11) is 3.32. The van der Waals surface area contributed by atoms with Crippen LogP contribution >= 0.6 is 15.9 Å². The van der Waals surface area contributed by atoms with Crippen LogP contribution < -0.4 is 0 Å². The molecule has 6 nitrogen and oxygen atoms in total. The summed E-state index contributed by atoms with van der Waals surface area (Å²) in [6, 6.07) is 0. The van der Waals surface area contributed by atoms with Crippen LogP contribution in [0.5, 0.6) is 0 Å². The summed E-state index contributed by atoms with van der Waals surface area (Å²) in [6.07, 6.45) is 1.22. The third-order valence-electron chi connectivity index (χ3n) is 3.14. The van der Waals surface area contributed by atoms with Gasteiger partial charge in [0.25, 0.3) is 0 Å². The number of rotatable bonds is 14. The highest BCUT2D eigenvalue weighted by molar-refractivity contribution is 9.09. The van der Waals surface area contributed by atoms with E-state index < -0.39 is 0 Å². The summed E-state index contributed by atoms with van der Waals surface area (Å²) in [5.41, 5.74) is 0. The zero-order valence-electron chi connectivity index (χ0n) is 12.9. The summed E-state index contributed by atoms with van der Waals surface area (Å²) < 4.78 is 32.0. The minimum Gasteiger partial charge on any atom is -0.382 e. The van der Waals surface area contributed by atoms with Crippen LogP contribution in [0.2, 0.25) is 0 Å². The van der Waals surface area contributed by atoms with E-state index in [0.29, 0.717) is 57.7 Å². The van der Waals surface area contributed by atoms with Gasteiger partial charge in [-0.25, -0.2) is 0 Å². The molecule has 0 aliphatic heterocycles. The molecule has 1 aliphatic carbocycles. The molecule has 1 saturated carbocycles. The molecule has 1 aliphatic rings. The monoisotopic (exact) mass is 370 g/mol. The van der Waals surface area contributed by atoms with Crippen molar-refractivity contribution in [2.45, 2.75) is 23.5 Å². The molecule has 0 amide bonds. The van der Waals surface area contributed by atoms with Crippen LogP contribution in [0.25, 0.3) is 0 Å². The maximum Gasteiger partial charge on any atom is 0.0963 e. The van der Waals surface area contributed by atoms with Crippen molar-refractivity contribution in [3.8, 4) is 0 Å². The van der Waals surface area contributed by atoms with Gasteiger partial charge in [0.1, 0.15) is 0 Å². The van der Waals surface area contributed by atoms with Crippen LogP contribution in [0.4, 0.5) is 0 Å². The van der Waals surface area contributed by atoms with Gasteiger partial charge in [0.15, 0.2) is 0 Å². The highest BCUT2D eigenvalue weighted by Gasteiger charge is 2.41. The van der Waals surface area contributed by atoms with Crippen molar-refractivity contribution in [2.75, 3.05) is 67.1 Å². The van der Waals surface area contributed by atoms with E-state index in [2.05, 4.69) is 15.9 Å². The Bertz CT molecular complexity index is 244. The lowest BCUT2D eigenvalue weighted by molar-refractivity contribution is -0.134. The maximum atomic E-state index is 5.76. The number of alkyl halides is 1. The molecular weight excluding hydrogens is 344 g/mol. The van der Waals surface area contributed by atoms with Gasteiger partial charge in [0, 0.05) is 19.0 Å². The number of halogens is 1. The topological polar surface area (TPSA) is 55.4 Å². The van der Waals surface area contributed by atoms with Crippen LogP contribution in [0.15, 0.2) is 0 Å². The molecule has 0 aromatic rings. The van der Waals surface area contributed by atoms with Crippen LogP contribution in [0, 0.1) is 0 Å². The highest BCUT2D eigenvalue weighted by Crippen LogP contribution is 2.33. The number of hydrogen-bond acceptors (Lipinski definition) is 6. The Kier molecular flexibility index (Phi) is 11.7. The van der Waals surface area contributed by atoms with Crippen molar-refractivity contribution < 1.29 is 28.4 Å². The van der Waals surface area contributed by atoms with Crippen molar-refractivity contribution >= 4 is 15.9 Å². The average molecular weight is 371 g/mol. The fraction of sp³-hybridized carbons (Fsp3) is 1.00. The molecule has 0 aromatic heterocycles. The molecule has 0 saturated heterocycles. The van der Waals surface area contributed by atoms with E-state index in [9.17, 15) is 0 Å².